The fourth-order valence-electron chi connectivity index (χ4n) is 1.61. The summed E-state index contributed by atoms with van der Waals surface area (Å²) in [4.78, 5) is 0. The van der Waals surface area contributed by atoms with Crippen molar-refractivity contribution in [1.82, 2.24) is 9.78 Å². The molecule has 5 heteroatoms. The van der Waals surface area contributed by atoms with Crippen LogP contribution in [0, 0.1) is 0 Å². The highest BCUT2D eigenvalue weighted by molar-refractivity contribution is 9.10. The summed E-state index contributed by atoms with van der Waals surface area (Å²) in [7, 11) is 0. The van der Waals surface area contributed by atoms with Gasteiger partial charge in [0.05, 0.1) is 16.7 Å². The number of benzene rings is 1. The third kappa shape index (κ3) is 2.29. The summed E-state index contributed by atoms with van der Waals surface area (Å²) >= 11 is 9.51. The molecule has 0 amide bonds. The van der Waals surface area contributed by atoms with Crippen molar-refractivity contribution in [2.45, 2.75) is 6.04 Å². The normalized spacial score (nSPS) is 12.7. The number of nitrogens with zero attached hydrogens (tertiary/aromatic N) is 2. The fraction of sp³-hybridized carbons (Fsp3) is 0.182. The van der Waals surface area contributed by atoms with Crippen molar-refractivity contribution in [3.63, 3.8) is 0 Å². The van der Waals surface area contributed by atoms with Crippen molar-refractivity contribution in [3.05, 3.63) is 51.7 Å². The standard InChI is InChI=1S/C11H11BrClN3/c12-8-6-15-16(7-8)11(5-14)9-3-1-2-4-10(9)13/h1-4,6-7,11H,5,14H2. The van der Waals surface area contributed by atoms with Crippen molar-refractivity contribution in [1.29, 1.82) is 0 Å². The number of hydrogen-bond donors (Lipinski definition) is 1. The average Bonchev–Trinajstić information content (AvgIpc) is 2.69. The smallest absolute Gasteiger partial charge is 0.0905 e. The van der Waals surface area contributed by atoms with Crippen molar-refractivity contribution >= 4 is 27.5 Å². The molecule has 0 bridgehead atoms. The maximum Gasteiger partial charge on any atom is 0.0905 e. The lowest BCUT2D eigenvalue weighted by molar-refractivity contribution is 0.532. The van der Waals surface area contributed by atoms with Gasteiger partial charge in [0.2, 0.25) is 0 Å². The van der Waals surface area contributed by atoms with Crippen LogP contribution in [0.25, 0.3) is 0 Å². The summed E-state index contributed by atoms with van der Waals surface area (Å²) in [6.07, 6.45) is 3.63. The maximum absolute atomic E-state index is 6.15. The van der Waals surface area contributed by atoms with Crippen LogP contribution in [0.5, 0.6) is 0 Å². The molecule has 1 atom stereocenters. The monoisotopic (exact) mass is 299 g/mol. The van der Waals surface area contributed by atoms with Crippen molar-refractivity contribution in [3.8, 4) is 0 Å². The summed E-state index contributed by atoms with van der Waals surface area (Å²) in [5.74, 6) is 0. The van der Waals surface area contributed by atoms with E-state index in [1.54, 1.807) is 6.20 Å². The first-order chi connectivity index (χ1) is 7.72. The van der Waals surface area contributed by atoms with Crippen LogP contribution in [0.1, 0.15) is 11.6 Å². The number of rotatable bonds is 3. The molecular formula is C11H11BrClN3. The van der Waals surface area contributed by atoms with Crippen molar-refractivity contribution in [2.75, 3.05) is 6.54 Å². The van der Waals surface area contributed by atoms with Gasteiger partial charge in [-0.25, -0.2) is 0 Å². The van der Waals surface area contributed by atoms with Crippen LogP contribution in [0.3, 0.4) is 0 Å². The molecule has 84 valence electrons. The molecule has 1 aromatic heterocycles. The summed E-state index contributed by atoms with van der Waals surface area (Å²) < 4.78 is 2.74. The van der Waals surface area contributed by atoms with Crippen LogP contribution in [0.4, 0.5) is 0 Å². The Bertz CT molecular complexity index is 484. The Hall–Kier alpha value is -0.840. The van der Waals surface area contributed by atoms with E-state index in [0.29, 0.717) is 11.6 Å². The second-order valence-corrected chi connectivity index (χ2v) is 4.73. The quantitative estimate of drug-likeness (QED) is 0.947. The molecule has 3 nitrogen and oxygen atoms in total. The Morgan fingerprint density at radius 3 is 2.75 bits per heavy atom. The fourth-order valence-corrected chi connectivity index (χ4v) is 2.17. The average molecular weight is 301 g/mol. The molecule has 0 radical (unpaired) electrons. The molecule has 2 aromatic rings. The summed E-state index contributed by atoms with van der Waals surface area (Å²) in [6, 6.07) is 7.65. The molecule has 1 aromatic carbocycles. The number of aromatic nitrogens is 2. The summed E-state index contributed by atoms with van der Waals surface area (Å²) in [6.45, 7) is 0.456. The van der Waals surface area contributed by atoms with Gasteiger partial charge < -0.3 is 5.73 Å². The van der Waals surface area contributed by atoms with E-state index in [1.807, 2.05) is 35.1 Å². The van der Waals surface area contributed by atoms with E-state index in [0.717, 1.165) is 10.0 Å². The molecule has 0 spiro atoms. The summed E-state index contributed by atoms with van der Waals surface area (Å²) in [5, 5.41) is 4.95. The second-order valence-electron chi connectivity index (χ2n) is 3.41. The molecule has 0 fully saturated rings. The van der Waals surface area contributed by atoms with Gasteiger partial charge in [-0.15, -0.1) is 0 Å². The van der Waals surface area contributed by atoms with Gasteiger partial charge in [0.15, 0.2) is 0 Å². The highest BCUT2D eigenvalue weighted by Gasteiger charge is 2.15. The third-order valence-corrected chi connectivity index (χ3v) is 3.13. The molecule has 0 aliphatic carbocycles. The van der Waals surface area contributed by atoms with Crippen molar-refractivity contribution < 1.29 is 0 Å². The van der Waals surface area contributed by atoms with Crippen LogP contribution in [-0.2, 0) is 0 Å². The van der Waals surface area contributed by atoms with Crippen LogP contribution < -0.4 is 5.73 Å². The molecule has 0 aliphatic heterocycles. The molecular weight excluding hydrogens is 289 g/mol. The van der Waals surface area contributed by atoms with Gasteiger partial charge in [0.1, 0.15) is 0 Å². The highest BCUT2D eigenvalue weighted by atomic mass is 79.9. The van der Waals surface area contributed by atoms with E-state index in [1.165, 1.54) is 0 Å². The lowest BCUT2D eigenvalue weighted by atomic mass is 10.1. The minimum atomic E-state index is -0.0278. The van der Waals surface area contributed by atoms with Crippen LogP contribution in [-0.4, -0.2) is 16.3 Å². The van der Waals surface area contributed by atoms with E-state index < -0.39 is 0 Å². The zero-order valence-electron chi connectivity index (χ0n) is 8.48. The Balaban J connectivity index is 2.40. The van der Waals surface area contributed by atoms with E-state index >= 15 is 0 Å². The predicted octanol–water partition coefficient (Wildman–Crippen LogP) is 2.85. The molecule has 0 saturated carbocycles. The topological polar surface area (TPSA) is 43.8 Å². The van der Waals surface area contributed by atoms with Gasteiger partial charge in [-0.3, -0.25) is 4.68 Å². The minimum Gasteiger partial charge on any atom is -0.328 e. The minimum absolute atomic E-state index is 0.0278. The number of hydrogen-bond acceptors (Lipinski definition) is 2. The molecule has 2 N–H and O–H groups in total. The molecule has 0 aliphatic rings. The third-order valence-electron chi connectivity index (χ3n) is 2.38. The zero-order valence-corrected chi connectivity index (χ0v) is 10.8. The van der Waals surface area contributed by atoms with Gasteiger partial charge in [0, 0.05) is 17.8 Å². The Labute approximate surface area is 107 Å². The van der Waals surface area contributed by atoms with Gasteiger partial charge in [-0.1, -0.05) is 29.8 Å². The number of halogens is 2. The van der Waals surface area contributed by atoms with E-state index in [2.05, 4.69) is 21.0 Å². The van der Waals surface area contributed by atoms with Crippen molar-refractivity contribution in [2.24, 2.45) is 5.73 Å². The van der Waals surface area contributed by atoms with Gasteiger partial charge >= 0.3 is 0 Å². The Morgan fingerprint density at radius 2 is 2.19 bits per heavy atom. The molecule has 1 unspecified atom stereocenters. The maximum atomic E-state index is 6.15. The van der Waals surface area contributed by atoms with Crippen LogP contribution in [0.15, 0.2) is 41.1 Å². The van der Waals surface area contributed by atoms with E-state index in [-0.39, 0.29) is 6.04 Å². The SMILES string of the molecule is NCC(c1ccccc1Cl)n1cc(Br)cn1. The Morgan fingerprint density at radius 1 is 1.44 bits per heavy atom. The first-order valence-corrected chi connectivity index (χ1v) is 6.03. The molecule has 0 saturated heterocycles. The second kappa shape index (κ2) is 4.99. The van der Waals surface area contributed by atoms with Gasteiger partial charge in [-0.2, -0.15) is 5.10 Å². The van der Waals surface area contributed by atoms with E-state index in [4.69, 9.17) is 17.3 Å². The molecule has 1 heterocycles. The van der Waals surface area contributed by atoms with Gasteiger partial charge in [0.25, 0.3) is 0 Å². The predicted molar refractivity (Wildman–Crippen MR) is 68.6 cm³/mol. The Kier molecular flexibility index (Phi) is 3.63. The van der Waals surface area contributed by atoms with Crippen LogP contribution in [0.2, 0.25) is 5.02 Å². The zero-order chi connectivity index (χ0) is 11.5. The number of nitrogens with two attached hydrogens (primary N) is 1. The lowest BCUT2D eigenvalue weighted by Gasteiger charge is -2.17. The molecule has 2 rings (SSSR count). The largest absolute Gasteiger partial charge is 0.328 e. The van der Waals surface area contributed by atoms with Crippen LogP contribution >= 0.6 is 27.5 Å². The first-order valence-electron chi connectivity index (χ1n) is 4.86. The summed E-state index contributed by atoms with van der Waals surface area (Å²) in [5.41, 5.74) is 6.77. The molecule has 16 heavy (non-hydrogen) atoms. The lowest BCUT2D eigenvalue weighted by Crippen LogP contribution is -2.21. The first kappa shape index (κ1) is 11.6. The van der Waals surface area contributed by atoms with E-state index in [9.17, 15) is 0 Å². The van der Waals surface area contributed by atoms with Gasteiger partial charge in [-0.05, 0) is 27.6 Å². The highest BCUT2D eigenvalue weighted by Crippen LogP contribution is 2.25.